The Morgan fingerprint density at radius 3 is 2.67 bits per heavy atom. The van der Waals surface area contributed by atoms with E-state index in [4.69, 9.17) is 10.5 Å². The third kappa shape index (κ3) is 2.30. The van der Waals surface area contributed by atoms with Crippen LogP contribution in [0.15, 0.2) is 24.3 Å². The van der Waals surface area contributed by atoms with Crippen molar-refractivity contribution in [3.63, 3.8) is 0 Å². The molecule has 0 aromatic heterocycles. The van der Waals surface area contributed by atoms with Gasteiger partial charge >= 0.3 is 0 Å². The highest BCUT2D eigenvalue weighted by molar-refractivity contribution is 5.30. The Balaban J connectivity index is 2.13. The molecule has 82 valence electrons. The fraction of sp³-hybridized carbons (Fsp3) is 0.500. The van der Waals surface area contributed by atoms with E-state index in [1.165, 1.54) is 5.56 Å². The summed E-state index contributed by atoms with van der Waals surface area (Å²) in [4.78, 5) is 0. The molecule has 3 N–H and O–H groups in total. The maximum Gasteiger partial charge on any atom is 0.118 e. The van der Waals surface area contributed by atoms with Crippen molar-refractivity contribution in [1.82, 2.24) is 5.32 Å². The van der Waals surface area contributed by atoms with Crippen LogP contribution in [0.3, 0.4) is 0 Å². The van der Waals surface area contributed by atoms with Crippen molar-refractivity contribution in [2.45, 2.75) is 18.4 Å². The summed E-state index contributed by atoms with van der Waals surface area (Å²) in [6, 6.07) is 8.49. The van der Waals surface area contributed by atoms with E-state index >= 15 is 0 Å². The number of nitrogens with two attached hydrogens (primary N) is 1. The second-order valence-electron chi connectivity index (χ2n) is 4.04. The fourth-order valence-corrected chi connectivity index (χ4v) is 2.10. The van der Waals surface area contributed by atoms with Crippen LogP contribution in [0, 0.1) is 0 Å². The van der Waals surface area contributed by atoms with Crippen molar-refractivity contribution in [3.8, 4) is 5.75 Å². The third-order valence-corrected chi connectivity index (χ3v) is 3.08. The quantitative estimate of drug-likeness (QED) is 0.761. The topological polar surface area (TPSA) is 47.3 Å². The monoisotopic (exact) mass is 206 g/mol. The number of hydrogen-bond acceptors (Lipinski definition) is 3. The Kier molecular flexibility index (Phi) is 3.23. The number of ether oxygens (including phenoxy) is 1. The van der Waals surface area contributed by atoms with Crippen molar-refractivity contribution in [3.05, 3.63) is 29.8 Å². The maximum absolute atomic E-state index is 6.11. The summed E-state index contributed by atoms with van der Waals surface area (Å²) in [5.74, 6) is 1.33. The number of piperidine rings is 1. The minimum Gasteiger partial charge on any atom is -0.497 e. The standard InChI is InChI=1S/C12H18N2O/c1-15-10-4-2-9(3-5-10)11-8-14-7-6-12(11)13/h2-5,11-12,14H,6-8,13H2,1H3/t11-,12-/m0/s1. The summed E-state index contributed by atoms with van der Waals surface area (Å²) in [6.07, 6.45) is 1.05. The predicted molar refractivity (Wildman–Crippen MR) is 61.2 cm³/mol. The third-order valence-electron chi connectivity index (χ3n) is 3.08. The average molecular weight is 206 g/mol. The van der Waals surface area contributed by atoms with Crippen LogP contribution in [0.25, 0.3) is 0 Å². The van der Waals surface area contributed by atoms with Crippen molar-refractivity contribution < 1.29 is 4.74 Å². The van der Waals surface area contributed by atoms with Crippen LogP contribution in [-0.4, -0.2) is 26.2 Å². The van der Waals surface area contributed by atoms with E-state index in [9.17, 15) is 0 Å². The van der Waals surface area contributed by atoms with E-state index in [0.29, 0.717) is 5.92 Å². The van der Waals surface area contributed by atoms with Gasteiger partial charge in [-0.2, -0.15) is 0 Å². The first-order chi connectivity index (χ1) is 7.31. The Morgan fingerprint density at radius 2 is 2.07 bits per heavy atom. The van der Waals surface area contributed by atoms with Gasteiger partial charge in [0.25, 0.3) is 0 Å². The molecular weight excluding hydrogens is 188 g/mol. The zero-order valence-electron chi connectivity index (χ0n) is 9.07. The molecule has 1 aliphatic heterocycles. The van der Waals surface area contributed by atoms with E-state index in [-0.39, 0.29) is 6.04 Å². The van der Waals surface area contributed by atoms with Crippen LogP contribution < -0.4 is 15.8 Å². The lowest BCUT2D eigenvalue weighted by Crippen LogP contribution is -2.43. The number of nitrogens with one attached hydrogen (secondary N) is 1. The molecule has 3 nitrogen and oxygen atoms in total. The van der Waals surface area contributed by atoms with Crippen LogP contribution >= 0.6 is 0 Å². The number of hydrogen-bond donors (Lipinski definition) is 2. The van der Waals surface area contributed by atoms with Crippen LogP contribution in [0.4, 0.5) is 0 Å². The molecule has 1 saturated heterocycles. The molecule has 15 heavy (non-hydrogen) atoms. The summed E-state index contributed by atoms with van der Waals surface area (Å²) in [6.45, 7) is 2.02. The lowest BCUT2D eigenvalue weighted by atomic mass is 9.87. The zero-order chi connectivity index (χ0) is 10.7. The van der Waals surface area contributed by atoms with Crippen LogP contribution in [0.5, 0.6) is 5.75 Å². The van der Waals surface area contributed by atoms with Gasteiger partial charge in [0.1, 0.15) is 5.75 Å². The van der Waals surface area contributed by atoms with Crippen LogP contribution in [0.2, 0.25) is 0 Å². The molecule has 0 amide bonds. The SMILES string of the molecule is COc1ccc([C@@H]2CNCC[C@@H]2N)cc1. The Labute approximate surface area is 90.6 Å². The van der Waals surface area contributed by atoms with Gasteiger partial charge in [0, 0.05) is 18.5 Å². The summed E-state index contributed by atoms with van der Waals surface area (Å²) in [5, 5.41) is 3.38. The van der Waals surface area contributed by atoms with Crippen molar-refractivity contribution in [1.29, 1.82) is 0 Å². The van der Waals surface area contributed by atoms with E-state index in [2.05, 4.69) is 17.4 Å². The Bertz CT molecular complexity index is 310. The summed E-state index contributed by atoms with van der Waals surface area (Å²) < 4.78 is 5.14. The van der Waals surface area contributed by atoms with Gasteiger partial charge in [-0.1, -0.05) is 12.1 Å². The van der Waals surface area contributed by atoms with Gasteiger partial charge < -0.3 is 15.8 Å². The molecule has 2 atom stereocenters. The highest BCUT2D eigenvalue weighted by Crippen LogP contribution is 2.24. The average Bonchev–Trinajstić information content (AvgIpc) is 2.30. The first-order valence-electron chi connectivity index (χ1n) is 5.41. The van der Waals surface area contributed by atoms with Crippen LogP contribution in [-0.2, 0) is 0 Å². The Morgan fingerprint density at radius 1 is 1.33 bits per heavy atom. The summed E-state index contributed by atoms with van der Waals surface area (Å²) >= 11 is 0. The molecule has 0 saturated carbocycles. The molecule has 1 heterocycles. The second-order valence-corrected chi connectivity index (χ2v) is 4.04. The molecule has 1 aromatic carbocycles. The van der Waals surface area contributed by atoms with Gasteiger partial charge in [-0.25, -0.2) is 0 Å². The minimum atomic E-state index is 0.277. The highest BCUT2D eigenvalue weighted by atomic mass is 16.5. The number of rotatable bonds is 2. The smallest absolute Gasteiger partial charge is 0.118 e. The van der Waals surface area contributed by atoms with E-state index in [0.717, 1.165) is 25.3 Å². The minimum absolute atomic E-state index is 0.277. The lowest BCUT2D eigenvalue weighted by Gasteiger charge is -2.29. The van der Waals surface area contributed by atoms with E-state index < -0.39 is 0 Å². The van der Waals surface area contributed by atoms with Gasteiger partial charge in [-0.05, 0) is 30.7 Å². The second kappa shape index (κ2) is 4.64. The molecule has 1 aromatic rings. The molecule has 3 heteroatoms. The van der Waals surface area contributed by atoms with Gasteiger partial charge in [0.2, 0.25) is 0 Å². The normalized spacial score (nSPS) is 26.3. The van der Waals surface area contributed by atoms with Crippen molar-refractivity contribution in [2.75, 3.05) is 20.2 Å². The molecule has 0 bridgehead atoms. The number of benzene rings is 1. The summed E-state index contributed by atoms with van der Waals surface area (Å²) in [5.41, 5.74) is 7.41. The van der Waals surface area contributed by atoms with Gasteiger partial charge in [0.15, 0.2) is 0 Å². The molecule has 0 aliphatic carbocycles. The van der Waals surface area contributed by atoms with Crippen LogP contribution in [0.1, 0.15) is 17.9 Å². The number of methoxy groups -OCH3 is 1. The Hall–Kier alpha value is -1.06. The van der Waals surface area contributed by atoms with E-state index in [1.807, 2.05) is 12.1 Å². The summed E-state index contributed by atoms with van der Waals surface area (Å²) in [7, 11) is 1.68. The molecular formula is C12H18N2O. The van der Waals surface area contributed by atoms with E-state index in [1.54, 1.807) is 7.11 Å². The molecule has 0 unspecified atom stereocenters. The maximum atomic E-state index is 6.11. The van der Waals surface area contributed by atoms with Gasteiger partial charge in [-0.3, -0.25) is 0 Å². The molecule has 2 rings (SSSR count). The zero-order valence-corrected chi connectivity index (χ0v) is 9.07. The molecule has 0 spiro atoms. The molecule has 1 fully saturated rings. The predicted octanol–water partition coefficient (Wildman–Crippen LogP) is 1.10. The molecule has 0 radical (unpaired) electrons. The first kappa shape index (κ1) is 10.5. The van der Waals surface area contributed by atoms with Crippen molar-refractivity contribution in [2.24, 2.45) is 5.73 Å². The van der Waals surface area contributed by atoms with Gasteiger partial charge in [-0.15, -0.1) is 0 Å². The highest BCUT2D eigenvalue weighted by Gasteiger charge is 2.22. The first-order valence-corrected chi connectivity index (χ1v) is 5.41. The van der Waals surface area contributed by atoms with Crippen molar-refractivity contribution >= 4 is 0 Å². The van der Waals surface area contributed by atoms with Gasteiger partial charge in [0.05, 0.1) is 7.11 Å². The fourth-order valence-electron chi connectivity index (χ4n) is 2.10. The largest absolute Gasteiger partial charge is 0.497 e. The lowest BCUT2D eigenvalue weighted by molar-refractivity contribution is 0.400. The molecule has 1 aliphatic rings.